The molecule has 73 heavy (non-hydrogen) atoms. The normalized spacial score (nSPS) is 11.4. The van der Waals surface area contributed by atoms with Crippen LogP contribution in [0.1, 0.15) is 388 Å². The molecular formula is C68H128N2O3. The van der Waals surface area contributed by atoms with E-state index < -0.39 is 0 Å². The smallest absolute Gasteiger partial charge is 0.255 e. The Morgan fingerprint density at radius 3 is 0.808 bits per heavy atom. The summed E-state index contributed by atoms with van der Waals surface area (Å²) >= 11 is 0. The highest BCUT2D eigenvalue weighted by Crippen LogP contribution is 2.23. The largest absolute Gasteiger partial charge is 0.493 e. The lowest BCUT2D eigenvalue weighted by molar-refractivity contribution is 0.0937. The molecule has 0 radical (unpaired) electrons. The molecule has 1 rings (SSSR count). The number of benzene rings is 1. The van der Waals surface area contributed by atoms with E-state index in [2.05, 4.69) is 31.4 Å². The van der Waals surface area contributed by atoms with E-state index in [1.54, 1.807) is 18.2 Å². The van der Waals surface area contributed by atoms with E-state index >= 15 is 0 Å². The van der Waals surface area contributed by atoms with Gasteiger partial charge in [0.2, 0.25) is 0 Å². The number of nitrogens with one attached hydrogen (secondary N) is 2. The highest BCUT2D eigenvalue weighted by molar-refractivity contribution is 6.00. The zero-order valence-electron chi connectivity index (χ0n) is 49.8. The third-order valence-electron chi connectivity index (χ3n) is 15.9. The molecule has 0 aromatic heterocycles. The van der Waals surface area contributed by atoms with Gasteiger partial charge in [0.25, 0.3) is 11.8 Å². The molecule has 2 N–H and O–H groups in total. The maximum atomic E-state index is 13.4. The second-order valence-corrected chi connectivity index (χ2v) is 23.1. The first kappa shape index (κ1) is 69.0. The van der Waals surface area contributed by atoms with E-state index in [1.165, 1.54) is 308 Å². The first-order valence-corrected chi connectivity index (χ1v) is 33.5. The zero-order chi connectivity index (χ0) is 52.4. The van der Waals surface area contributed by atoms with Crippen LogP contribution in [0.3, 0.4) is 0 Å². The summed E-state index contributed by atoms with van der Waals surface area (Å²) in [7, 11) is 0. The van der Waals surface area contributed by atoms with E-state index in [-0.39, 0.29) is 11.8 Å². The van der Waals surface area contributed by atoms with Gasteiger partial charge < -0.3 is 15.4 Å². The van der Waals surface area contributed by atoms with E-state index in [4.69, 9.17) is 4.74 Å². The average molecular weight is 1020 g/mol. The molecule has 0 heterocycles. The molecule has 0 unspecified atom stereocenters. The van der Waals surface area contributed by atoms with Crippen molar-refractivity contribution in [1.82, 2.24) is 10.6 Å². The van der Waals surface area contributed by atoms with Crippen LogP contribution in [0.5, 0.6) is 5.75 Å². The van der Waals surface area contributed by atoms with Crippen molar-refractivity contribution in [2.45, 2.75) is 367 Å². The van der Waals surface area contributed by atoms with Gasteiger partial charge in [-0.1, -0.05) is 348 Å². The standard InChI is InChI=1S/C68H128N2O3/c1-4-7-10-13-16-18-20-22-24-26-28-30-32-34-36-38-40-42-44-46-48-50-52-55-60-69-67(71)64-58-59-65(66(63-64)73-62-57-54-15-12-9-6-3)68(72)70-61-56-53-51-49-47-45-43-41-39-37-35-33-31-29-27-25-23-21-19-17-14-11-8-5-2/h58-59,63H,4-57,60-62H2,1-3H3,(H,69,71)(H,70,72). The van der Waals surface area contributed by atoms with Crippen LogP contribution >= 0.6 is 0 Å². The number of ether oxygens (including phenoxy) is 1. The molecule has 0 aliphatic carbocycles. The number of rotatable bonds is 60. The molecule has 0 saturated heterocycles. The van der Waals surface area contributed by atoms with Gasteiger partial charge in [0.05, 0.1) is 12.2 Å². The van der Waals surface area contributed by atoms with Crippen molar-refractivity contribution >= 4 is 11.8 Å². The minimum atomic E-state index is -0.0980. The van der Waals surface area contributed by atoms with Crippen LogP contribution in [0, 0.1) is 0 Å². The Hall–Kier alpha value is -2.04. The van der Waals surface area contributed by atoms with Crippen molar-refractivity contribution in [2.24, 2.45) is 0 Å². The van der Waals surface area contributed by atoms with Crippen LogP contribution < -0.4 is 15.4 Å². The van der Waals surface area contributed by atoms with Crippen molar-refractivity contribution in [3.8, 4) is 5.75 Å². The SMILES string of the molecule is CCCCCCCCCCCCCCCCCCCCCCCCCCNC(=O)c1ccc(C(=O)NCCCCCCCCCCCCCCCCCCCCCCCCCC)c(OCCCCCCCC)c1. The third kappa shape index (κ3) is 48.1. The molecule has 0 atom stereocenters. The number of amides is 2. The lowest BCUT2D eigenvalue weighted by atomic mass is 10.0. The molecule has 2 amide bonds. The molecule has 428 valence electrons. The van der Waals surface area contributed by atoms with Gasteiger partial charge >= 0.3 is 0 Å². The van der Waals surface area contributed by atoms with Crippen LogP contribution in [-0.2, 0) is 0 Å². The van der Waals surface area contributed by atoms with Gasteiger partial charge in [0.15, 0.2) is 0 Å². The van der Waals surface area contributed by atoms with Crippen molar-refractivity contribution in [1.29, 1.82) is 0 Å². The second-order valence-electron chi connectivity index (χ2n) is 23.1. The van der Waals surface area contributed by atoms with Gasteiger partial charge in [-0.15, -0.1) is 0 Å². The monoisotopic (exact) mass is 1020 g/mol. The van der Waals surface area contributed by atoms with Crippen molar-refractivity contribution in [3.63, 3.8) is 0 Å². The third-order valence-corrected chi connectivity index (χ3v) is 15.9. The Kier molecular flexibility index (Phi) is 54.5. The Labute approximate surface area is 457 Å². The Balaban J connectivity index is 2.13. The van der Waals surface area contributed by atoms with Gasteiger partial charge in [-0.25, -0.2) is 0 Å². The maximum absolute atomic E-state index is 13.4. The Bertz CT molecular complexity index is 1280. The number of carbonyl (C=O) groups is 2. The fourth-order valence-corrected chi connectivity index (χ4v) is 10.8. The van der Waals surface area contributed by atoms with Crippen LogP contribution in [0.15, 0.2) is 18.2 Å². The zero-order valence-corrected chi connectivity index (χ0v) is 49.8. The second kappa shape index (κ2) is 57.7. The van der Waals surface area contributed by atoms with E-state index in [1.807, 2.05) is 0 Å². The first-order chi connectivity index (χ1) is 36.1. The van der Waals surface area contributed by atoms with E-state index in [9.17, 15) is 9.59 Å². The highest BCUT2D eigenvalue weighted by Gasteiger charge is 2.16. The fourth-order valence-electron chi connectivity index (χ4n) is 10.8. The lowest BCUT2D eigenvalue weighted by Crippen LogP contribution is -2.26. The van der Waals surface area contributed by atoms with Gasteiger partial charge in [-0.2, -0.15) is 0 Å². The van der Waals surface area contributed by atoms with Crippen molar-refractivity contribution in [2.75, 3.05) is 19.7 Å². The van der Waals surface area contributed by atoms with Gasteiger partial charge in [0.1, 0.15) is 5.75 Å². The molecule has 0 bridgehead atoms. The summed E-state index contributed by atoms with van der Waals surface area (Å²) in [6.45, 7) is 8.78. The molecule has 5 heteroatoms. The molecule has 0 aliphatic rings. The van der Waals surface area contributed by atoms with E-state index in [0.29, 0.717) is 36.6 Å². The number of carbonyl (C=O) groups excluding carboxylic acids is 2. The average Bonchev–Trinajstić information content (AvgIpc) is 3.40. The molecule has 0 spiro atoms. The van der Waals surface area contributed by atoms with Gasteiger partial charge in [-0.3, -0.25) is 9.59 Å². The predicted molar refractivity (Wildman–Crippen MR) is 323 cm³/mol. The minimum absolute atomic E-state index is 0.0781. The molecule has 0 aliphatic heterocycles. The van der Waals surface area contributed by atoms with Crippen LogP contribution in [-0.4, -0.2) is 31.5 Å². The minimum Gasteiger partial charge on any atom is -0.493 e. The molecule has 1 aromatic rings. The number of hydrogen-bond donors (Lipinski definition) is 2. The van der Waals surface area contributed by atoms with E-state index in [0.717, 1.165) is 38.5 Å². The maximum Gasteiger partial charge on any atom is 0.255 e. The van der Waals surface area contributed by atoms with Crippen molar-refractivity contribution in [3.05, 3.63) is 29.3 Å². The molecule has 0 fully saturated rings. The van der Waals surface area contributed by atoms with Crippen LogP contribution in [0.2, 0.25) is 0 Å². The predicted octanol–water partition coefficient (Wildman–Crippen LogP) is 22.7. The lowest BCUT2D eigenvalue weighted by Gasteiger charge is -2.14. The van der Waals surface area contributed by atoms with Crippen LogP contribution in [0.4, 0.5) is 0 Å². The summed E-state index contributed by atoms with van der Waals surface area (Å²) in [5.41, 5.74) is 1.11. The molecule has 5 nitrogen and oxygen atoms in total. The Morgan fingerprint density at radius 2 is 0.534 bits per heavy atom. The number of hydrogen-bond acceptors (Lipinski definition) is 3. The van der Waals surface area contributed by atoms with Gasteiger partial charge in [-0.05, 0) is 37.5 Å². The topological polar surface area (TPSA) is 67.4 Å². The summed E-state index contributed by atoms with van der Waals surface area (Å²) in [5, 5.41) is 6.29. The Morgan fingerprint density at radius 1 is 0.301 bits per heavy atom. The first-order valence-electron chi connectivity index (χ1n) is 33.5. The fraction of sp³-hybridized carbons (Fsp3) is 0.882. The summed E-state index contributed by atoms with van der Waals surface area (Å²) in [4.78, 5) is 26.6. The molecule has 0 saturated carbocycles. The van der Waals surface area contributed by atoms with Crippen molar-refractivity contribution < 1.29 is 14.3 Å². The molecular weight excluding hydrogens is 893 g/mol. The quantitative estimate of drug-likeness (QED) is 0.0639. The summed E-state index contributed by atoms with van der Waals surface area (Å²) in [6, 6.07) is 5.38. The summed E-state index contributed by atoms with van der Waals surface area (Å²) < 4.78 is 6.23. The number of unbranched alkanes of at least 4 members (excludes halogenated alkanes) is 51. The van der Waals surface area contributed by atoms with Crippen LogP contribution in [0.25, 0.3) is 0 Å². The summed E-state index contributed by atoms with van der Waals surface area (Å²) in [6.07, 6.45) is 73.6. The highest BCUT2D eigenvalue weighted by atomic mass is 16.5. The van der Waals surface area contributed by atoms with Gasteiger partial charge in [0, 0.05) is 18.7 Å². The molecule has 1 aromatic carbocycles. The summed E-state index contributed by atoms with van der Waals surface area (Å²) in [5.74, 6) is 0.359.